The Hall–Kier alpha value is -0.650. The first-order valence-electron chi connectivity index (χ1n) is 10.7. The molecule has 0 atom stereocenters. The number of carbonyl (C=O) groups excluding carboxylic acids is 1. The van der Waals surface area contributed by atoms with Crippen LogP contribution in [0.1, 0.15) is 51.9 Å². The third kappa shape index (κ3) is 5.66. The summed E-state index contributed by atoms with van der Waals surface area (Å²) in [6, 6.07) is 0.803. The Balaban J connectivity index is 1.37. The van der Waals surface area contributed by atoms with Gasteiger partial charge in [0.05, 0.1) is 6.54 Å². The third-order valence-electron chi connectivity index (χ3n) is 6.38. The van der Waals surface area contributed by atoms with E-state index in [9.17, 15) is 4.79 Å². The highest BCUT2D eigenvalue weighted by atomic mass is 16.2. The predicted molar refractivity (Wildman–Crippen MR) is 103 cm³/mol. The number of hydrogen-bond donors (Lipinski definition) is 0. The molecule has 3 rings (SSSR count). The minimum atomic E-state index is 0.355. The van der Waals surface area contributed by atoms with Crippen LogP contribution < -0.4 is 0 Å². The molecule has 144 valence electrons. The lowest BCUT2D eigenvalue weighted by atomic mass is 10.2. The summed E-state index contributed by atoms with van der Waals surface area (Å²) in [5.74, 6) is 0.355. The van der Waals surface area contributed by atoms with Gasteiger partial charge in [-0.1, -0.05) is 26.2 Å². The van der Waals surface area contributed by atoms with Gasteiger partial charge in [0.1, 0.15) is 0 Å². The number of amides is 1. The Bertz CT molecular complexity index is 403. The molecular weight excluding hydrogens is 312 g/mol. The lowest BCUT2D eigenvalue weighted by Gasteiger charge is -2.38. The summed E-state index contributed by atoms with van der Waals surface area (Å²) in [5, 5.41) is 0. The highest BCUT2D eigenvalue weighted by molar-refractivity contribution is 5.78. The lowest BCUT2D eigenvalue weighted by Crippen LogP contribution is -2.53. The number of nitrogens with zero attached hydrogens (tertiary/aromatic N) is 4. The number of rotatable bonds is 6. The normalized spacial score (nSPS) is 25.4. The van der Waals surface area contributed by atoms with Crippen molar-refractivity contribution in [2.45, 2.75) is 57.9 Å². The van der Waals surface area contributed by atoms with Crippen LogP contribution in [0.15, 0.2) is 0 Å². The van der Waals surface area contributed by atoms with E-state index in [1.807, 2.05) is 0 Å². The second-order valence-corrected chi connectivity index (χ2v) is 8.18. The van der Waals surface area contributed by atoms with Gasteiger partial charge >= 0.3 is 0 Å². The van der Waals surface area contributed by atoms with Crippen LogP contribution in [0.2, 0.25) is 0 Å². The summed E-state index contributed by atoms with van der Waals surface area (Å²) < 4.78 is 0. The molecule has 2 aliphatic heterocycles. The van der Waals surface area contributed by atoms with E-state index >= 15 is 0 Å². The summed E-state index contributed by atoms with van der Waals surface area (Å²) in [6.07, 6.45) is 9.30. The SMILES string of the molecule is CCCCN1CCCN(CC(=O)N2CCN(C3CCCC3)CC2)CC1. The van der Waals surface area contributed by atoms with E-state index < -0.39 is 0 Å². The molecule has 1 aliphatic carbocycles. The van der Waals surface area contributed by atoms with Crippen LogP contribution in [-0.2, 0) is 4.79 Å². The van der Waals surface area contributed by atoms with Gasteiger partial charge in [0.15, 0.2) is 0 Å². The third-order valence-corrected chi connectivity index (χ3v) is 6.38. The van der Waals surface area contributed by atoms with Gasteiger partial charge in [-0.3, -0.25) is 14.6 Å². The summed E-state index contributed by atoms with van der Waals surface area (Å²) in [4.78, 5) is 22.4. The van der Waals surface area contributed by atoms with Gasteiger partial charge in [-0.15, -0.1) is 0 Å². The van der Waals surface area contributed by atoms with Crippen molar-refractivity contribution in [2.75, 3.05) is 65.4 Å². The van der Waals surface area contributed by atoms with Crippen LogP contribution in [0.25, 0.3) is 0 Å². The number of piperazine rings is 1. The van der Waals surface area contributed by atoms with Crippen molar-refractivity contribution in [1.29, 1.82) is 0 Å². The Morgan fingerprint density at radius 3 is 2.24 bits per heavy atom. The molecule has 0 aromatic heterocycles. The van der Waals surface area contributed by atoms with Gasteiger partial charge in [-0.2, -0.15) is 0 Å². The summed E-state index contributed by atoms with van der Waals surface area (Å²) in [6.45, 7) is 12.6. The second-order valence-electron chi connectivity index (χ2n) is 8.18. The average Bonchev–Trinajstić information content (AvgIpc) is 3.09. The van der Waals surface area contributed by atoms with Crippen LogP contribution >= 0.6 is 0 Å². The Morgan fingerprint density at radius 2 is 1.52 bits per heavy atom. The lowest BCUT2D eigenvalue weighted by molar-refractivity contribution is -0.134. The summed E-state index contributed by atoms with van der Waals surface area (Å²) in [5.41, 5.74) is 0. The van der Waals surface area contributed by atoms with Gasteiger partial charge < -0.3 is 9.80 Å². The molecule has 0 bridgehead atoms. The van der Waals surface area contributed by atoms with Crippen LogP contribution in [0.4, 0.5) is 0 Å². The largest absolute Gasteiger partial charge is 0.339 e. The maximum Gasteiger partial charge on any atom is 0.236 e. The first kappa shape index (κ1) is 19.1. The minimum Gasteiger partial charge on any atom is -0.339 e. The van der Waals surface area contributed by atoms with Crippen LogP contribution in [0.5, 0.6) is 0 Å². The minimum absolute atomic E-state index is 0.355. The van der Waals surface area contributed by atoms with Crippen molar-refractivity contribution in [3.8, 4) is 0 Å². The van der Waals surface area contributed by atoms with Crippen molar-refractivity contribution >= 4 is 5.91 Å². The fourth-order valence-electron chi connectivity index (χ4n) is 4.68. The average molecular weight is 351 g/mol. The zero-order valence-electron chi connectivity index (χ0n) is 16.3. The zero-order chi connectivity index (χ0) is 17.5. The molecule has 0 aromatic carbocycles. The molecule has 1 amide bonds. The maximum absolute atomic E-state index is 12.7. The van der Waals surface area contributed by atoms with Crippen LogP contribution in [0.3, 0.4) is 0 Å². The van der Waals surface area contributed by atoms with Gasteiger partial charge in [0.2, 0.25) is 5.91 Å². The fourth-order valence-corrected chi connectivity index (χ4v) is 4.68. The number of unbranched alkanes of at least 4 members (excludes halogenated alkanes) is 1. The van der Waals surface area contributed by atoms with Gasteiger partial charge in [0.25, 0.3) is 0 Å². The molecule has 5 nitrogen and oxygen atoms in total. The Kier molecular flexibility index (Phi) is 7.56. The number of carbonyl (C=O) groups is 1. The molecule has 0 N–H and O–H groups in total. The maximum atomic E-state index is 12.7. The standard InChI is InChI=1S/C20H38N4O/c1-2-3-9-21-10-6-11-22(13-12-21)18-20(25)24-16-14-23(15-17-24)19-7-4-5-8-19/h19H,2-18H2,1H3. The van der Waals surface area contributed by atoms with E-state index in [-0.39, 0.29) is 0 Å². The van der Waals surface area contributed by atoms with Crippen LogP contribution in [-0.4, -0.2) is 97.0 Å². The smallest absolute Gasteiger partial charge is 0.236 e. The number of hydrogen-bond acceptors (Lipinski definition) is 4. The van der Waals surface area contributed by atoms with Crippen molar-refractivity contribution in [2.24, 2.45) is 0 Å². The molecule has 2 heterocycles. The molecule has 3 aliphatic rings. The molecule has 2 saturated heterocycles. The van der Waals surface area contributed by atoms with Gasteiger partial charge in [-0.25, -0.2) is 0 Å². The highest BCUT2D eigenvalue weighted by Crippen LogP contribution is 2.24. The summed E-state index contributed by atoms with van der Waals surface area (Å²) >= 11 is 0. The molecule has 5 heteroatoms. The predicted octanol–water partition coefficient (Wildman–Crippen LogP) is 1.88. The molecule has 0 aromatic rings. The molecule has 25 heavy (non-hydrogen) atoms. The van der Waals surface area contributed by atoms with E-state index in [1.165, 1.54) is 58.0 Å². The van der Waals surface area contributed by atoms with E-state index in [0.717, 1.165) is 51.9 Å². The van der Waals surface area contributed by atoms with Crippen molar-refractivity contribution in [3.05, 3.63) is 0 Å². The second kappa shape index (κ2) is 9.89. The molecule has 1 saturated carbocycles. The van der Waals surface area contributed by atoms with Crippen molar-refractivity contribution in [3.63, 3.8) is 0 Å². The van der Waals surface area contributed by atoms with E-state index in [0.29, 0.717) is 12.5 Å². The van der Waals surface area contributed by atoms with E-state index in [1.54, 1.807) is 0 Å². The molecule has 0 spiro atoms. The van der Waals surface area contributed by atoms with Crippen molar-refractivity contribution in [1.82, 2.24) is 19.6 Å². The quantitative estimate of drug-likeness (QED) is 0.732. The van der Waals surface area contributed by atoms with Gasteiger partial charge in [-0.05, 0) is 45.3 Å². The highest BCUT2D eigenvalue weighted by Gasteiger charge is 2.28. The molecule has 0 radical (unpaired) electrons. The zero-order valence-corrected chi connectivity index (χ0v) is 16.3. The topological polar surface area (TPSA) is 30.0 Å². The van der Waals surface area contributed by atoms with E-state index in [4.69, 9.17) is 0 Å². The molecule has 3 fully saturated rings. The Labute approximate surface area is 154 Å². The first-order chi connectivity index (χ1) is 12.3. The fraction of sp³-hybridized carbons (Fsp3) is 0.950. The molecular formula is C20H38N4O. The Morgan fingerprint density at radius 1 is 0.840 bits per heavy atom. The van der Waals surface area contributed by atoms with Gasteiger partial charge in [0, 0.05) is 45.3 Å². The molecule has 0 unspecified atom stereocenters. The monoisotopic (exact) mass is 350 g/mol. The van der Waals surface area contributed by atoms with Crippen molar-refractivity contribution < 1.29 is 4.79 Å². The van der Waals surface area contributed by atoms with Crippen LogP contribution in [0, 0.1) is 0 Å². The van der Waals surface area contributed by atoms with E-state index in [2.05, 4.69) is 26.5 Å². The first-order valence-corrected chi connectivity index (χ1v) is 10.7. The summed E-state index contributed by atoms with van der Waals surface area (Å²) in [7, 11) is 0.